The first-order chi connectivity index (χ1) is 7.44. The van der Waals surface area contributed by atoms with Gasteiger partial charge >= 0.3 is 5.97 Å². The minimum absolute atomic E-state index is 0.325. The van der Waals surface area contributed by atoms with E-state index in [2.05, 4.69) is 25.8 Å². The number of carboxylic acid groups (broad SMARTS) is 1. The van der Waals surface area contributed by atoms with E-state index in [1.165, 1.54) is 0 Å². The Hall–Kier alpha value is -0.610. The summed E-state index contributed by atoms with van der Waals surface area (Å²) in [6.45, 7) is 4.35. The largest absolute Gasteiger partial charge is 0.480 e. The van der Waals surface area contributed by atoms with Gasteiger partial charge in [-0.15, -0.1) is 0 Å². The molecule has 1 rings (SSSR count). The Morgan fingerprint density at radius 3 is 2.50 bits per heavy atom. The highest BCUT2D eigenvalue weighted by Gasteiger charge is 2.43. The highest BCUT2D eigenvalue weighted by Crippen LogP contribution is 2.32. The first kappa shape index (κ1) is 13.5. The first-order valence-corrected chi connectivity index (χ1v) is 6.18. The molecule has 1 fully saturated rings. The van der Waals surface area contributed by atoms with E-state index in [4.69, 9.17) is 10.8 Å². The van der Waals surface area contributed by atoms with Crippen molar-refractivity contribution in [3.8, 4) is 0 Å². The second kappa shape index (κ2) is 5.15. The maximum absolute atomic E-state index is 11.1. The number of carbonyl (C=O) groups is 1. The Morgan fingerprint density at radius 2 is 2.12 bits per heavy atom. The molecule has 0 heterocycles. The Bertz CT molecular complexity index is 253. The van der Waals surface area contributed by atoms with Crippen LogP contribution in [0.2, 0.25) is 0 Å². The molecule has 0 bridgehead atoms. The molecule has 0 radical (unpaired) electrons. The molecule has 4 heteroatoms. The van der Waals surface area contributed by atoms with Crippen molar-refractivity contribution in [2.75, 3.05) is 7.05 Å². The Balaban J connectivity index is 2.62. The maximum Gasteiger partial charge on any atom is 0.323 e. The van der Waals surface area contributed by atoms with Gasteiger partial charge < -0.3 is 15.7 Å². The van der Waals surface area contributed by atoms with E-state index in [1.54, 1.807) is 0 Å². The molecule has 0 aromatic heterocycles. The molecule has 0 amide bonds. The number of hydrogen-bond donors (Lipinski definition) is 2. The molecule has 0 aromatic carbocycles. The average molecular weight is 228 g/mol. The lowest BCUT2D eigenvalue weighted by atomic mass is 9.99. The Morgan fingerprint density at radius 1 is 1.56 bits per heavy atom. The molecule has 1 aliphatic carbocycles. The number of nitrogens with zero attached hydrogens (tertiary/aromatic N) is 1. The van der Waals surface area contributed by atoms with Gasteiger partial charge in [-0.3, -0.25) is 4.79 Å². The summed E-state index contributed by atoms with van der Waals surface area (Å²) >= 11 is 0. The number of aliphatic carboxylic acids is 1. The summed E-state index contributed by atoms with van der Waals surface area (Å²) in [6, 6.07) is 0.868. The van der Waals surface area contributed by atoms with Gasteiger partial charge in [-0.25, -0.2) is 0 Å². The van der Waals surface area contributed by atoms with Crippen LogP contribution in [0.4, 0.5) is 0 Å². The van der Waals surface area contributed by atoms with Crippen LogP contribution < -0.4 is 5.73 Å². The number of rotatable bonds is 5. The van der Waals surface area contributed by atoms with Crippen LogP contribution in [0.3, 0.4) is 0 Å². The van der Waals surface area contributed by atoms with Crippen molar-refractivity contribution in [3.63, 3.8) is 0 Å². The standard InChI is InChI=1S/C12H24N2O2/c1-4-9(5-2)14(3)10-6-7-12(13,8-10)11(15)16/h9-10H,4-8,13H2,1-3H3,(H,15,16). The number of hydrogen-bond acceptors (Lipinski definition) is 3. The van der Waals surface area contributed by atoms with Crippen LogP contribution in [0.1, 0.15) is 46.0 Å². The van der Waals surface area contributed by atoms with Crippen LogP contribution in [0.25, 0.3) is 0 Å². The van der Waals surface area contributed by atoms with Crippen molar-refractivity contribution < 1.29 is 9.90 Å². The number of carboxylic acids is 1. The summed E-state index contributed by atoms with van der Waals surface area (Å²) in [7, 11) is 2.09. The lowest BCUT2D eigenvalue weighted by molar-refractivity contribution is -0.143. The molecule has 4 nitrogen and oxygen atoms in total. The topological polar surface area (TPSA) is 66.6 Å². The second-order valence-electron chi connectivity index (χ2n) is 4.99. The van der Waals surface area contributed by atoms with E-state index in [9.17, 15) is 4.79 Å². The Kier molecular flexibility index (Phi) is 4.33. The Labute approximate surface area is 97.8 Å². The third kappa shape index (κ3) is 2.55. The van der Waals surface area contributed by atoms with Gasteiger partial charge in [-0.2, -0.15) is 0 Å². The van der Waals surface area contributed by atoms with Gasteiger partial charge in [-0.1, -0.05) is 13.8 Å². The second-order valence-corrected chi connectivity index (χ2v) is 4.99. The summed E-state index contributed by atoms with van der Waals surface area (Å²) in [5.74, 6) is -0.854. The average Bonchev–Trinajstić information content (AvgIpc) is 2.64. The molecule has 16 heavy (non-hydrogen) atoms. The van der Waals surface area contributed by atoms with Crippen molar-refractivity contribution >= 4 is 5.97 Å². The smallest absolute Gasteiger partial charge is 0.323 e. The fourth-order valence-electron chi connectivity index (χ4n) is 2.75. The van der Waals surface area contributed by atoms with Crippen LogP contribution >= 0.6 is 0 Å². The van der Waals surface area contributed by atoms with Gasteiger partial charge in [0.25, 0.3) is 0 Å². The molecule has 1 aliphatic rings. The predicted molar refractivity (Wildman–Crippen MR) is 64.3 cm³/mol. The maximum atomic E-state index is 11.1. The first-order valence-electron chi connectivity index (χ1n) is 6.18. The summed E-state index contributed by atoms with van der Waals surface area (Å²) in [5, 5.41) is 9.08. The quantitative estimate of drug-likeness (QED) is 0.747. The van der Waals surface area contributed by atoms with Gasteiger partial charge in [0.2, 0.25) is 0 Å². The lowest BCUT2D eigenvalue weighted by Crippen LogP contribution is -2.48. The van der Waals surface area contributed by atoms with Crippen molar-refractivity contribution in [2.45, 2.75) is 63.6 Å². The molecule has 2 unspecified atom stereocenters. The SMILES string of the molecule is CCC(CC)N(C)C1CCC(N)(C(=O)O)C1. The van der Waals surface area contributed by atoms with Gasteiger partial charge in [-0.05, 0) is 39.2 Å². The van der Waals surface area contributed by atoms with E-state index in [0.29, 0.717) is 24.9 Å². The minimum atomic E-state index is -0.995. The molecular weight excluding hydrogens is 204 g/mol. The van der Waals surface area contributed by atoms with E-state index < -0.39 is 11.5 Å². The summed E-state index contributed by atoms with van der Waals surface area (Å²) < 4.78 is 0. The van der Waals surface area contributed by atoms with E-state index in [-0.39, 0.29) is 0 Å². The lowest BCUT2D eigenvalue weighted by Gasteiger charge is -2.32. The van der Waals surface area contributed by atoms with Crippen molar-refractivity contribution in [1.29, 1.82) is 0 Å². The van der Waals surface area contributed by atoms with Gasteiger partial charge in [0.1, 0.15) is 5.54 Å². The highest BCUT2D eigenvalue weighted by molar-refractivity contribution is 5.79. The van der Waals surface area contributed by atoms with Gasteiger partial charge in [0.15, 0.2) is 0 Å². The zero-order valence-corrected chi connectivity index (χ0v) is 10.6. The summed E-state index contributed by atoms with van der Waals surface area (Å²) in [5.41, 5.74) is 4.89. The van der Waals surface area contributed by atoms with Crippen LogP contribution in [0.15, 0.2) is 0 Å². The highest BCUT2D eigenvalue weighted by atomic mass is 16.4. The third-order valence-electron chi connectivity index (χ3n) is 4.04. The monoisotopic (exact) mass is 228 g/mol. The summed E-state index contributed by atoms with van der Waals surface area (Å²) in [4.78, 5) is 13.4. The molecule has 2 atom stereocenters. The zero-order valence-electron chi connectivity index (χ0n) is 10.6. The van der Waals surface area contributed by atoms with Gasteiger partial charge in [0, 0.05) is 12.1 Å². The van der Waals surface area contributed by atoms with Crippen LogP contribution in [0.5, 0.6) is 0 Å². The molecule has 0 saturated heterocycles. The molecule has 1 saturated carbocycles. The predicted octanol–water partition coefficient (Wildman–Crippen LogP) is 1.44. The number of nitrogens with two attached hydrogens (primary N) is 1. The molecule has 0 spiro atoms. The molecular formula is C12H24N2O2. The van der Waals surface area contributed by atoms with E-state index in [1.807, 2.05) is 0 Å². The van der Waals surface area contributed by atoms with Crippen molar-refractivity contribution in [2.24, 2.45) is 5.73 Å². The van der Waals surface area contributed by atoms with Crippen molar-refractivity contribution in [1.82, 2.24) is 4.90 Å². The fourth-order valence-corrected chi connectivity index (χ4v) is 2.75. The van der Waals surface area contributed by atoms with Crippen molar-refractivity contribution in [3.05, 3.63) is 0 Å². The normalized spacial score (nSPS) is 30.2. The minimum Gasteiger partial charge on any atom is -0.480 e. The van der Waals surface area contributed by atoms with Gasteiger partial charge in [0.05, 0.1) is 0 Å². The van der Waals surface area contributed by atoms with Crippen LogP contribution in [-0.4, -0.2) is 40.6 Å². The summed E-state index contributed by atoms with van der Waals surface area (Å²) in [6.07, 6.45) is 4.28. The molecule has 0 aliphatic heterocycles. The van der Waals surface area contributed by atoms with Crippen LogP contribution in [0, 0.1) is 0 Å². The molecule has 94 valence electrons. The van der Waals surface area contributed by atoms with Crippen LogP contribution in [-0.2, 0) is 4.79 Å². The third-order valence-corrected chi connectivity index (χ3v) is 4.04. The van der Waals surface area contributed by atoms with E-state index >= 15 is 0 Å². The fraction of sp³-hybridized carbons (Fsp3) is 0.917. The zero-order chi connectivity index (χ0) is 12.3. The molecule has 3 N–H and O–H groups in total. The molecule has 0 aromatic rings. The van der Waals surface area contributed by atoms with E-state index in [0.717, 1.165) is 19.3 Å².